The standard InChI is InChI=1S/C11H12O6/c1-16-7-3-6(5-9(12)13)4-8(17-2)10(7)11(14)15/h3-4H,5H2,1-2H3,(H,12,13)(H,14,15). The number of carboxylic acid groups (broad SMARTS) is 2. The third kappa shape index (κ3) is 2.87. The Bertz CT molecular complexity index is 426. The number of hydrogen-bond acceptors (Lipinski definition) is 4. The summed E-state index contributed by atoms with van der Waals surface area (Å²) in [6.45, 7) is 0. The SMILES string of the molecule is COc1cc(CC(=O)O)cc(OC)c1C(=O)O. The van der Waals surface area contributed by atoms with Crippen LogP contribution in [0.3, 0.4) is 0 Å². The molecule has 0 aliphatic rings. The van der Waals surface area contributed by atoms with Gasteiger partial charge in [0, 0.05) is 0 Å². The van der Waals surface area contributed by atoms with Gasteiger partial charge in [0.05, 0.1) is 20.6 Å². The third-order valence-electron chi connectivity index (χ3n) is 2.13. The molecule has 1 aromatic carbocycles. The summed E-state index contributed by atoms with van der Waals surface area (Å²) in [5.41, 5.74) is 0.292. The van der Waals surface area contributed by atoms with E-state index in [0.29, 0.717) is 5.56 Å². The second kappa shape index (κ2) is 5.20. The summed E-state index contributed by atoms with van der Waals surface area (Å²) < 4.78 is 9.84. The van der Waals surface area contributed by atoms with Crippen LogP contribution in [-0.4, -0.2) is 36.4 Å². The molecule has 0 aliphatic carbocycles. The molecule has 92 valence electrons. The molecule has 0 bridgehead atoms. The van der Waals surface area contributed by atoms with Crippen LogP contribution in [0, 0.1) is 0 Å². The number of hydrogen-bond donors (Lipinski definition) is 2. The minimum absolute atomic E-state index is 0.0769. The average Bonchev–Trinajstić information content (AvgIpc) is 2.26. The van der Waals surface area contributed by atoms with E-state index in [1.165, 1.54) is 26.4 Å². The lowest BCUT2D eigenvalue weighted by Crippen LogP contribution is -2.07. The average molecular weight is 240 g/mol. The van der Waals surface area contributed by atoms with E-state index in [0.717, 1.165) is 0 Å². The summed E-state index contributed by atoms with van der Waals surface area (Å²) in [7, 11) is 2.62. The highest BCUT2D eigenvalue weighted by Gasteiger charge is 2.19. The lowest BCUT2D eigenvalue weighted by molar-refractivity contribution is -0.136. The van der Waals surface area contributed by atoms with Crippen molar-refractivity contribution in [1.29, 1.82) is 0 Å². The zero-order chi connectivity index (χ0) is 13.0. The summed E-state index contributed by atoms with van der Waals surface area (Å²) >= 11 is 0. The molecule has 0 aromatic heterocycles. The molecule has 0 radical (unpaired) electrons. The van der Waals surface area contributed by atoms with Crippen LogP contribution < -0.4 is 9.47 Å². The lowest BCUT2D eigenvalue weighted by atomic mass is 10.1. The molecular formula is C11H12O6. The molecule has 1 rings (SSSR count). The molecule has 0 spiro atoms. The van der Waals surface area contributed by atoms with Crippen molar-refractivity contribution in [3.63, 3.8) is 0 Å². The van der Waals surface area contributed by atoms with Gasteiger partial charge >= 0.3 is 11.9 Å². The molecule has 0 fully saturated rings. The Morgan fingerprint density at radius 1 is 1.12 bits per heavy atom. The predicted molar refractivity (Wildman–Crippen MR) is 57.8 cm³/mol. The normalized spacial score (nSPS) is 9.76. The van der Waals surface area contributed by atoms with Crippen molar-refractivity contribution in [2.24, 2.45) is 0 Å². The van der Waals surface area contributed by atoms with E-state index in [2.05, 4.69) is 0 Å². The van der Waals surface area contributed by atoms with Gasteiger partial charge in [0.25, 0.3) is 0 Å². The Morgan fingerprint density at radius 3 is 1.88 bits per heavy atom. The first kappa shape index (κ1) is 12.8. The Morgan fingerprint density at radius 2 is 1.59 bits per heavy atom. The number of aromatic carboxylic acids is 1. The molecule has 0 atom stereocenters. The van der Waals surface area contributed by atoms with Crippen LogP contribution in [0.1, 0.15) is 15.9 Å². The fraction of sp³-hybridized carbons (Fsp3) is 0.273. The van der Waals surface area contributed by atoms with Gasteiger partial charge in [-0.2, -0.15) is 0 Å². The van der Waals surface area contributed by atoms with Crippen molar-refractivity contribution >= 4 is 11.9 Å². The summed E-state index contributed by atoms with van der Waals surface area (Å²) in [5, 5.41) is 17.7. The maximum absolute atomic E-state index is 11.0. The quantitative estimate of drug-likeness (QED) is 0.798. The van der Waals surface area contributed by atoms with Crippen molar-refractivity contribution in [1.82, 2.24) is 0 Å². The fourth-order valence-electron chi connectivity index (χ4n) is 1.45. The Kier molecular flexibility index (Phi) is 3.92. The number of benzene rings is 1. The highest BCUT2D eigenvalue weighted by Crippen LogP contribution is 2.30. The third-order valence-corrected chi connectivity index (χ3v) is 2.13. The van der Waals surface area contributed by atoms with Crippen LogP contribution >= 0.6 is 0 Å². The highest BCUT2D eigenvalue weighted by atomic mass is 16.5. The second-order valence-electron chi connectivity index (χ2n) is 3.25. The van der Waals surface area contributed by atoms with Gasteiger partial charge in [-0.25, -0.2) is 4.79 Å². The molecule has 6 heteroatoms. The molecule has 0 aliphatic heterocycles. The van der Waals surface area contributed by atoms with E-state index in [1.807, 2.05) is 0 Å². The number of rotatable bonds is 5. The van der Waals surface area contributed by atoms with Crippen molar-refractivity contribution in [2.75, 3.05) is 14.2 Å². The van der Waals surface area contributed by atoms with Gasteiger partial charge in [0.2, 0.25) is 0 Å². The minimum Gasteiger partial charge on any atom is -0.496 e. The number of ether oxygens (including phenoxy) is 2. The van der Waals surface area contributed by atoms with Crippen LogP contribution in [0.15, 0.2) is 12.1 Å². The van der Waals surface area contributed by atoms with Gasteiger partial charge in [-0.05, 0) is 17.7 Å². The number of aliphatic carboxylic acids is 1. The number of carbonyl (C=O) groups is 2. The van der Waals surface area contributed by atoms with Gasteiger partial charge in [-0.3, -0.25) is 4.79 Å². The van der Waals surface area contributed by atoms with Crippen LogP contribution in [0.5, 0.6) is 11.5 Å². The van der Waals surface area contributed by atoms with E-state index >= 15 is 0 Å². The minimum atomic E-state index is -1.19. The number of carboxylic acids is 2. The van der Waals surface area contributed by atoms with Crippen LogP contribution in [0.2, 0.25) is 0 Å². The maximum Gasteiger partial charge on any atom is 0.343 e. The predicted octanol–water partition coefficient (Wildman–Crippen LogP) is 1.03. The van der Waals surface area contributed by atoms with Crippen molar-refractivity contribution in [3.05, 3.63) is 23.3 Å². The lowest BCUT2D eigenvalue weighted by Gasteiger charge is -2.11. The van der Waals surface area contributed by atoms with E-state index < -0.39 is 11.9 Å². The van der Waals surface area contributed by atoms with Crippen LogP contribution in [0.4, 0.5) is 0 Å². The zero-order valence-electron chi connectivity index (χ0n) is 9.39. The Hall–Kier alpha value is -2.24. The van der Waals surface area contributed by atoms with Crippen LogP contribution in [0.25, 0.3) is 0 Å². The van der Waals surface area contributed by atoms with Crippen molar-refractivity contribution in [2.45, 2.75) is 6.42 Å². The molecule has 0 heterocycles. The summed E-state index contributed by atoms with van der Waals surface area (Å²) in [6, 6.07) is 2.75. The number of methoxy groups -OCH3 is 2. The molecule has 6 nitrogen and oxygen atoms in total. The van der Waals surface area contributed by atoms with Gasteiger partial charge in [0.15, 0.2) is 0 Å². The smallest absolute Gasteiger partial charge is 0.343 e. The van der Waals surface area contributed by atoms with E-state index in [1.54, 1.807) is 0 Å². The fourth-order valence-corrected chi connectivity index (χ4v) is 1.45. The first-order valence-electron chi connectivity index (χ1n) is 4.69. The molecular weight excluding hydrogens is 228 g/mol. The topological polar surface area (TPSA) is 93.1 Å². The van der Waals surface area contributed by atoms with E-state index in [4.69, 9.17) is 19.7 Å². The van der Waals surface area contributed by atoms with Gasteiger partial charge in [-0.15, -0.1) is 0 Å². The monoisotopic (exact) mass is 240 g/mol. The van der Waals surface area contributed by atoms with Crippen molar-refractivity contribution in [3.8, 4) is 11.5 Å². The molecule has 0 unspecified atom stereocenters. The maximum atomic E-state index is 11.0. The molecule has 0 saturated carbocycles. The Labute approximate surface area is 97.4 Å². The molecule has 1 aromatic rings. The largest absolute Gasteiger partial charge is 0.496 e. The molecule has 2 N–H and O–H groups in total. The Balaban J connectivity index is 3.33. The van der Waals surface area contributed by atoms with Crippen molar-refractivity contribution < 1.29 is 29.3 Å². The molecule has 0 amide bonds. The summed E-state index contributed by atoms with van der Waals surface area (Å²) in [6.07, 6.45) is -0.230. The van der Waals surface area contributed by atoms with Crippen LogP contribution in [-0.2, 0) is 11.2 Å². The van der Waals surface area contributed by atoms with E-state index in [-0.39, 0.29) is 23.5 Å². The first-order valence-corrected chi connectivity index (χ1v) is 4.69. The second-order valence-corrected chi connectivity index (χ2v) is 3.25. The van der Waals surface area contributed by atoms with Gasteiger partial charge < -0.3 is 19.7 Å². The summed E-state index contributed by atoms with van der Waals surface area (Å²) in [4.78, 5) is 21.6. The summed E-state index contributed by atoms with van der Waals surface area (Å²) in [5.74, 6) is -2.06. The highest BCUT2D eigenvalue weighted by molar-refractivity contribution is 5.94. The van der Waals surface area contributed by atoms with Gasteiger partial charge in [0.1, 0.15) is 17.1 Å². The first-order chi connectivity index (χ1) is 7.99. The zero-order valence-corrected chi connectivity index (χ0v) is 9.39. The molecule has 0 saturated heterocycles. The molecule has 17 heavy (non-hydrogen) atoms. The van der Waals surface area contributed by atoms with E-state index in [9.17, 15) is 9.59 Å². The van der Waals surface area contributed by atoms with Gasteiger partial charge in [-0.1, -0.05) is 0 Å².